The van der Waals surface area contributed by atoms with Crippen molar-refractivity contribution in [1.82, 2.24) is 19.1 Å². The molecule has 1 N–H and O–H groups in total. The summed E-state index contributed by atoms with van der Waals surface area (Å²) in [5.74, 6) is 0.576. The van der Waals surface area contributed by atoms with Crippen LogP contribution in [0.3, 0.4) is 0 Å². The maximum Gasteiger partial charge on any atom is 0.367 e. The summed E-state index contributed by atoms with van der Waals surface area (Å²) in [4.78, 5) is 42.3. The Bertz CT molecular complexity index is 836. The highest BCUT2D eigenvalue weighted by Gasteiger charge is 2.23. The molecule has 0 aliphatic heterocycles. The van der Waals surface area contributed by atoms with Gasteiger partial charge in [0.2, 0.25) is 0 Å². The van der Waals surface area contributed by atoms with Crippen LogP contribution in [0.2, 0.25) is 0 Å². The minimum absolute atomic E-state index is 0.303. The molecule has 1 atom stereocenters. The van der Waals surface area contributed by atoms with Gasteiger partial charge in [0, 0.05) is 13.6 Å². The molecule has 0 saturated carbocycles. The third-order valence-corrected chi connectivity index (χ3v) is 4.26. The molecule has 2 aromatic rings. The van der Waals surface area contributed by atoms with E-state index in [-0.39, 0.29) is 5.25 Å². The smallest absolute Gasteiger partial charge is 0.367 e. The normalized spacial score (nSPS) is 12.5. The first kappa shape index (κ1) is 17.3. The van der Waals surface area contributed by atoms with E-state index >= 15 is 0 Å². The molecule has 8 nitrogen and oxygen atoms in total. The van der Waals surface area contributed by atoms with Crippen molar-refractivity contribution >= 4 is 28.2 Å². The average Bonchev–Trinajstić information content (AvgIpc) is 2.86. The van der Waals surface area contributed by atoms with Gasteiger partial charge in [0.05, 0.1) is 11.9 Å². The third-order valence-electron chi connectivity index (χ3n) is 3.38. The number of hydrogen-bond acceptors (Lipinski definition) is 6. The van der Waals surface area contributed by atoms with E-state index < -0.39 is 16.6 Å². The van der Waals surface area contributed by atoms with Crippen LogP contribution < -0.4 is 11.2 Å². The summed E-state index contributed by atoms with van der Waals surface area (Å²) in [6.45, 7) is 6.42. The number of carbonyl (C=O) groups is 1. The van der Waals surface area contributed by atoms with Gasteiger partial charge < -0.3 is 9.30 Å². The first-order valence-electron chi connectivity index (χ1n) is 7.43. The summed E-state index contributed by atoms with van der Waals surface area (Å²) in [5, 5.41) is -0.694. The lowest BCUT2D eigenvalue weighted by Crippen LogP contribution is -2.29. The van der Waals surface area contributed by atoms with Crippen molar-refractivity contribution in [1.29, 1.82) is 0 Å². The van der Waals surface area contributed by atoms with Gasteiger partial charge in [-0.15, -0.1) is 0 Å². The predicted octanol–water partition coefficient (Wildman–Crippen LogP) is 1.78. The largest absolute Gasteiger partial charge is 0.458 e. The highest BCUT2D eigenvalue weighted by molar-refractivity contribution is 8.13. The molecule has 2 rings (SSSR count). The molecule has 1 unspecified atom stereocenters. The predicted molar refractivity (Wildman–Crippen MR) is 88.9 cm³/mol. The molecule has 126 valence electrons. The third kappa shape index (κ3) is 3.34. The molecule has 0 spiro atoms. The second-order valence-corrected chi connectivity index (χ2v) is 6.33. The number of aromatic amines is 1. The standard InChI is InChI=1S/C14H20N4O4S/c1-5-7-18-9-11(17(4)13(20)16-12(9)19)15-10(18)8(3)23-14(21)22-6-2/h8H,5-7H2,1-4H3,(H,16,19,20). The summed E-state index contributed by atoms with van der Waals surface area (Å²) >= 11 is 1.00. The lowest BCUT2D eigenvalue weighted by Gasteiger charge is -2.12. The van der Waals surface area contributed by atoms with Crippen molar-refractivity contribution in [2.24, 2.45) is 7.05 Å². The van der Waals surface area contributed by atoms with Gasteiger partial charge >= 0.3 is 11.0 Å². The number of fused-ring (bicyclic) bond motifs is 1. The topological polar surface area (TPSA) is 99.0 Å². The number of nitrogens with zero attached hydrogens (tertiary/aromatic N) is 3. The number of imidazole rings is 1. The zero-order chi connectivity index (χ0) is 17.1. The first-order chi connectivity index (χ1) is 10.9. The molecule has 2 heterocycles. The van der Waals surface area contributed by atoms with Crippen LogP contribution in [0.1, 0.15) is 38.3 Å². The van der Waals surface area contributed by atoms with Crippen molar-refractivity contribution < 1.29 is 9.53 Å². The fraction of sp³-hybridized carbons (Fsp3) is 0.571. The van der Waals surface area contributed by atoms with Crippen LogP contribution in [-0.2, 0) is 18.3 Å². The molecule has 0 fully saturated rings. The Labute approximate surface area is 136 Å². The van der Waals surface area contributed by atoms with Crippen molar-refractivity contribution in [2.45, 2.75) is 39.0 Å². The molecular formula is C14H20N4O4S. The van der Waals surface area contributed by atoms with E-state index in [1.165, 1.54) is 4.57 Å². The minimum atomic E-state index is -0.513. The second-order valence-electron chi connectivity index (χ2n) is 5.06. The number of hydrogen-bond donors (Lipinski definition) is 1. The zero-order valence-corrected chi connectivity index (χ0v) is 14.4. The summed E-state index contributed by atoms with van der Waals surface area (Å²) in [6.07, 6.45) is 0.789. The van der Waals surface area contributed by atoms with Crippen LogP contribution in [-0.4, -0.2) is 31.0 Å². The molecule has 0 aliphatic rings. The number of rotatable bonds is 5. The van der Waals surface area contributed by atoms with Crippen molar-refractivity contribution in [2.75, 3.05) is 6.61 Å². The number of nitrogens with one attached hydrogen (secondary N) is 1. The highest BCUT2D eigenvalue weighted by atomic mass is 32.2. The van der Waals surface area contributed by atoms with E-state index in [4.69, 9.17) is 4.74 Å². The van der Waals surface area contributed by atoms with Crippen LogP contribution in [0.15, 0.2) is 9.59 Å². The van der Waals surface area contributed by atoms with Crippen LogP contribution >= 0.6 is 11.8 Å². The summed E-state index contributed by atoms with van der Waals surface area (Å²) in [6, 6.07) is 0. The average molecular weight is 340 g/mol. The van der Waals surface area contributed by atoms with Crippen molar-refractivity contribution in [3.8, 4) is 0 Å². The Hall–Kier alpha value is -2.03. The number of ether oxygens (including phenoxy) is 1. The van der Waals surface area contributed by atoms with Crippen LogP contribution in [0, 0.1) is 0 Å². The lowest BCUT2D eigenvalue weighted by atomic mass is 10.4. The minimum Gasteiger partial charge on any atom is -0.458 e. The lowest BCUT2D eigenvalue weighted by molar-refractivity contribution is 0.181. The summed E-state index contributed by atoms with van der Waals surface area (Å²) in [5.41, 5.74) is -0.316. The number of thioether (sulfide) groups is 1. The second kappa shape index (κ2) is 7.03. The Morgan fingerprint density at radius 2 is 2.09 bits per heavy atom. The van der Waals surface area contributed by atoms with Gasteiger partial charge in [0.25, 0.3) is 5.56 Å². The Kier molecular flexibility index (Phi) is 5.30. The zero-order valence-electron chi connectivity index (χ0n) is 13.6. The van der Waals surface area contributed by atoms with Crippen molar-refractivity contribution in [3.05, 3.63) is 26.7 Å². The van der Waals surface area contributed by atoms with E-state index in [1.54, 1.807) is 18.5 Å². The van der Waals surface area contributed by atoms with E-state index in [0.717, 1.165) is 18.2 Å². The first-order valence-corrected chi connectivity index (χ1v) is 8.31. The number of aromatic nitrogens is 4. The van der Waals surface area contributed by atoms with Crippen molar-refractivity contribution in [3.63, 3.8) is 0 Å². The van der Waals surface area contributed by atoms with Gasteiger partial charge in [0.1, 0.15) is 5.82 Å². The van der Waals surface area contributed by atoms with Gasteiger partial charge in [-0.1, -0.05) is 6.92 Å². The van der Waals surface area contributed by atoms with E-state index in [0.29, 0.717) is 30.1 Å². The molecular weight excluding hydrogens is 320 g/mol. The van der Waals surface area contributed by atoms with E-state index in [9.17, 15) is 14.4 Å². The molecule has 0 aromatic carbocycles. The van der Waals surface area contributed by atoms with Gasteiger partial charge in [-0.3, -0.25) is 14.3 Å². The van der Waals surface area contributed by atoms with Crippen LogP contribution in [0.4, 0.5) is 4.79 Å². The van der Waals surface area contributed by atoms with Gasteiger partial charge in [0.15, 0.2) is 11.2 Å². The SMILES string of the molecule is CCCn1c(C(C)SC(=O)OCC)nc2c1c(=O)[nH]c(=O)n2C. The molecule has 0 amide bonds. The van der Waals surface area contributed by atoms with Gasteiger partial charge in [-0.2, -0.15) is 0 Å². The maximum atomic E-state index is 12.2. The highest BCUT2D eigenvalue weighted by Crippen LogP contribution is 2.30. The van der Waals surface area contributed by atoms with Gasteiger partial charge in [-0.05, 0) is 32.0 Å². The fourth-order valence-corrected chi connectivity index (χ4v) is 3.12. The Morgan fingerprint density at radius 1 is 1.39 bits per heavy atom. The molecule has 0 bridgehead atoms. The Morgan fingerprint density at radius 3 is 2.70 bits per heavy atom. The fourth-order valence-electron chi connectivity index (χ4n) is 2.36. The molecule has 9 heteroatoms. The maximum absolute atomic E-state index is 12.2. The van der Waals surface area contributed by atoms with E-state index in [1.807, 2.05) is 13.8 Å². The monoisotopic (exact) mass is 340 g/mol. The Balaban J connectivity index is 2.59. The molecule has 23 heavy (non-hydrogen) atoms. The quantitative estimate of drug-likeness (QED) is 0.833. The van der Waals surface area contributed by atoms with Crippen LogP contribution in [0.25, 0.3) is 11.2 Å². The van der Waals surface area contributed by atoms with E-state index in [2.05, 4.69) is 9.97 Å². The number of carbonyl (C=O) groups excluding carboxylic acids is 1. The number of H-pyrrole nitrogens is 1. The molecule has 0 aliphatic carbocycles. The summed E-state index contributed by atoms with van der Waals surface area (Å²) in [7, 11) is 1.55. The summed E-state index contributed by atoms with van der Waals surface area (Å²) < 4.78 is 8.01. The number of aryl methyl sites for hydroxylation is 2. The van der Waals surface area contributed by atoms with Gasteiger partial charge in [-0.25, -0.2) is 14.6 Å². The molecule has 0 radical (unpaired) electrons. The molecule has 0 saturated heterocycles. The van der Waals surface area contributed by atoms with Crippen LogP contribution in [0.5, 0.6) is 0 Å². The molecule has 2 aromatic heterocycles.